The van der Waals surface area contributed by atoms with Crippen molar-refractivity contribution in [2.24, 2.45) is 10.9 Å². The van der Waals surface area contributed by atoms with Gasteiger partial charge in [-0.1, -0.05) is 13.8 Å². The summed E-state index contributed by atoms with van der Waals surface area (Å²) in [7, 11) is 3.37. The largest absolute Gasteiger partial charge is 0.497 e. The molecule has 94 valence electrons. The maximum Gasteiger partial charge on any atom is 0.118 e. The molecular formula is C14H21NO2. The van der Waals surface area contributed by atoms with Crippen LogP contribution in [-0.4, -0.2) is 33.1 Å². The smallest absolute Gasteiger partial charge is 0.118 e. The summed E-state index contributed by atoms with van der Waals surface area (Å²) in [6, 6.07) is 8.06. The third-order valence-corrected chi connectivity index (χ3v) is 2.64. The molecule has 1 atom stereocenters. The first-order valence-corrected chi connectivity index (χ1v) is 5.83. The standard InChI is InChI=1S/C14H21NO2/c1-11(2)14(10-16-3)15-9-12-5-7-13(17-4)8-6-12/h5-9,11,14H,10H2,1-4H3/t14-/m1/s1. The molecule has 0 heterocycles. The van der Waals surface area contributed by atoms with Crippen LogP contribution in [-0.2, 0) is 4.74 Å². The van der Waals surface area contributed by atoms with Gasteiger partial charge in [0.05, 0.1) is 19.8 Å². The minimum Gasteiger partial charge on any atom is -0.497 e. The second-order valence-electron chi connectivity index (χ2n) is 4.32. The molecule has 17 heavy (non-hydrogen) atoms. The van der Waals surface area contributed by atoms with Gasteiger partial charge >= 0.3 is 0 Å². The molecule has 0 aliphatic rings. The number of nitrogens with zero attached hydrogens (tertiary/aromatic N) is 1. The van der Waals surface area contributed by atoms with Crippen molar-refractivity contribution in [1.29, 1.82) is 0 Å². The molecule has 0 spiro atoms. The molecule has 3 nitrogen and oxygen atoms in total. The van der Waals surface area contributed by atoms with Crippen molar-refractivity contribution in [3.8, 4) is 5.75 Å². The summed E-state index contributed by atoms with van der Waals surface area (Å²) in [4.78, 5) is 4.55. The van der Waals surface area contributed by atoms with Crippen LogP contribution in [0.25, 0.3) is 0 Å². The normalized spacial score (nSPS) is 13.2. The van der Waals surface area contributed by atoms with E-state index in [1.807, 2.05) is 30.5 Å². The highest BCUT2D eigenvalue weighted by Crippen LogP contribution is 2.11. The van der Waals surface area contributed by atoms with Crippen molar-refractivity contribution in [2.45, 2.75) is 19.9 Å². The summed E-state index contributed by atoms with van der Waals surface area (Å²) in [5, 5.41) is 0. The number of benzene rings is 1. The van der Waals surface area contributed by atoms with Gasteiger partial charge < -0.3 is 9.47 Å². The van der Waals surface area contributed by atoms with Crippen molar-refractivity contribution < 1.29 is 9.47 Å². The molecule has 1 rings (SSSR count). The predicted molar refractivity (Wildman–Crippen MR) is 71.1 cm³/mol. The summed E-state index contributed by atoms with van der Waals surface area (Å²) in [5.74, 6) is 1.34. The quantitative estimate of drug-likeness (QED) is 0.710. The third-order valence-electron chi connectivity index (χ3n) is 2.64. The Morgan fingerprint density at radius 3 is 2.29 bits per heavy atom. The molecule has 0 aliphatic heterocycles. The zero-order valence-corrected chi connectivity index (χ0v) is 11.0. The van der Waals surface area contributed by atoms with E-state index in [2.05, 4.69) is 18.8 Å². The molecule has 0 fully saturated rings. The van der Waals surface area contributed by atoms with Gasteiger partial charge in [0.25, 0.3) is 0 Å². The van der Waals surface area contributed by atoms with E-state index in [1.165, 1.54) is 0 Å². The average molecular weight is 235 g/mol. The fourth-order valence-electron chi connectivity index (χ4n) is 1.45. The van der Waals surface area contributed by atoms with Crippen LogP contribution in [0.1, 0.15) is 19.4 Å². The Kier molecular flexibility index (Phi) is 5.70. The highest BCUT2D eigenvalue weighted by atomic mass is 16.5. The van der Waals surface area contributed by atoms with Gasteiger partial charge in [-0.3, -0.25) is 4.99 Å². The van der Waals surface area contributed by atoms with Crippen molar-refractivity contribution in [1.82, 2.24) is 0 Å². The Morgan fingerprint density at radius 2 is 1.82 bits per heavy atom. The summed E-state index contributed by atoms with van der Waals surface area (Å²) in [5.41, 5.74) is 1.08. The third kappa shape index (κ3) is 4.57. The maximum absolute atomic E-state index is 5.16. The van der Waals surface area contributed by atoms with E-state index >= 15 is 0 Å². The fraction of sp³-hybridized carbons (Fsp3) is 0.500. The molecule has 0 bridgehead atoms. The lowest BCUT2D eigenvalue weighted by Gasteiger charge is -2.14. The fourth-order valence-corrected chi connectivity index (χ4v) is 1.45. The molecular weight excluding hydrogens is 214 g/mol. The zero-order chi connectivity index (χ0) is 12.7. The van der Waals surface area contributed by atoms with E-state index in [0.29, 0.717) is 12.5 Å². The highest BCUT2D eigenvalue weighted by molar-refractivity contribution is 5.79. The summed E-state index contributed by atoms with van der Waals surface area (Å²) >= 11 is 0. The van der Waals surface area contributed by atoms with E-state index in [0.717, 1.165) is 11.3 Å². The second kappa shape index (κ2) is 7.07. The van der Waals surface area contributed by atoms with E-state index in [1.54, 1.807) is 14.2 Å². The minimum absolute atomic E-state index is 0.210. The van der Waals surface area contributed by atoms with E-state index < -0.39 is 0 Å². The summed E-state index contributed by atoms with van der Waals surface area (Å²) in [6.45, 7) is 4.95. The van der Waals surface area contributed by atoms with Crippen molar-refractivity contribution >= 4 is 6.21 Å². The van der Waals surface area contributed by atoms with Gasteiger partial charge in [0.15, 0.2) is 0 Å². The summed E-state index contributed by atoms with van der Waals surface area (Å²) < 4.78 is 10.3. The lowest BCUT2D eigenvalue weighted by Crippen LogP contribution is -2.19. The van der Waals surface area contributed by atoms with E-state index in [9.17, 15) is 0 Å². The molecule has 0 aromatic heterocycles. The molecule has 0 saturated heterocycles. The van der Waals surface area contributed by atoms with Gasteiger partial charge in [0.2, 0.25) is 0 Å². The molecule has 0 amide bonds. The van der Waals surface area contributed by atoms with Crippen LogP contribution >= 0.6 is 0 Å². The van der Waals surface area contributed by atoms with Crippen LogP contribution in [0, 0.1) is 5.92 Å². The first-order chi connectivity index (χ1) is 8.17. The van der Waals surface area contributed by atoms with Gasteiger partial charge in [-0.25, -0.2) is 0 Å². The van der Waals surface area contributed by atoms with Crippen LogP contribution in [0.4, 0.5) is 0 Å². The molecule has 0 N–H and O–H groups in total. The Balaban J connectivity index is 2.66. The molecule has 0 saturated carbocycles. The number of ether oxygens (including phenoxy) is 2. The Hall–Kier alpha value is -1.35. The SMILES string of the molecule is COC[C@@H](N=Cc1ccc(OC)cc1)C(C)C. The molecule has 1 aromatic rings. The van der Waals surface area contributed by atoms with Gasteiger partial charge in [0, 0.05) is 13.3 Å². The lowest BCUT2D eigenvalue weighted by atomic mass is 10.1. The topological polar surface area (TPSA) is 30.8 Å². The lowest BCUT2D eigenvalue weighted by molar-refractivity contribution is 0.165. The van der Waals surface area contributed by atoms with Gasteiger partial charge in [-0.2, -0.15) is 0 Å². The molecule has 3 heteroatoms. The van der Waals surface area contributed by atoms with Gasteiger partial charge in [-0.15, -0.1) is 0 Å². The van der Waals surface area contributed by atoms with E-state index in [4.69, 9.17) is 9.47 Å². The average Bonchev–Trinajstić information content (AvgIpc) is 2.34. The maximum atomic E-state index is 5.16. The monoisotopic (exact) mass is 235 g/mol. The second-order valence-corrected chi connectivity index (χ2v) is 4.32. The first-order valence-electron chi connectivity index (χ1n) is 5.83. The van der Waals surface area contributed by atoms with Crippen LogP contribution in [0.5, 0.6) is 5.75 Å². The van der Waals surface area contributed by atoms with Crippen LogP contribution in [0.3, 0.4) is 0 Å². The van der Waals surface area contributed by atoms with Crippen LogP contribution < -0.4 is 4.74 Å². The Labute approximate surface area is 103 Å². The van der Waals surface area contributed by atoms with Crippen molar-refractivity contribution in [3.63, 3.8) is 0 Å². The molecule has 0 radical (unpaired) electrons. The highest BCUT2D eigenvalue weighted by Gasteiger charge is 2.09. The zero-order valence-electron chi connectivity index (χ0n) is 11.0. The Bertz CT molecular complexity index is 344. The van der Waals surface area contributed by atoms with E-state index in [-0.39, 0.29) is 6.04 Å². The summed E-state index contributed by atoms with van der Waals surface area (Å²) in [6.07, 6.45) is 1.89. The van der Waals surface area contributed by atoms with Crippen LogP contribution in [0.15, 0.2) is 29.3 Å². The van der Waals surface area contributed by atoms with Gasteiger partial charge in [-0.05, 0) is 35.7 Å². The first kappa shape index (κ1) is 13.7. The van der Waals surface area contributed by atoms with Gasteiger partial charge in [0.1, 0.15) is 5.75 Å². The number of hydrogen-bond acceptors (Lipinski definition) is 3. The minimum atomic E-state index is 0.210. The number of methoxy groups -OCH3 is 2. The molecule has 0 aliphatic carbocycles. The Morgan fingerprint density at radius 1 is 1.18 bits per heavy atom. The number of hydrogen-bond donors (Lipinski definition) is 0. The van der Waals surface area contributed by atoms with Crippen molar-refractivity contribution in [3.05, 3.63) is 29.8 Å². The molecule has 1 aromatic carbocycles. The predicted octanol–water partition coefficient (Wildman–Crippen LogP) is 2.79. The van der Waals surface area contributed by atoms with Crippen LogP contribution in [0.2, 0.25) is 0 Å². The number of rotatable bonds is 6. The van der Waals surface area contributed by atoms with Crippen molar-refractivity contribution in [2.75, 3.05) is 20.8 Å². The number of aliphatic imine (C=N–C) groups is 1. The molecule has 0 unspecified atom stereocenters.